The molecule has 0 heterocycles. The standard InChI is InChI=1S/C31H43N9O4/c32-26(33)21-15-13-19(14-16-21)18-23(28(42)38-22-10-5-2-6-11-22)29(43)40-25(20-8-3-1-4-9-20)30(44)39-24(27(34)41)12-7-17-37-31(35)36/h2,5-6,10-11,13-16,20,23-25H,1,3-4,7-9,12,17-18H2,(H3,32,33)(H2,34,41)(H,38,42)(H,39,44)(H,40,43)(H4,35,36,37)/t23?,24?,25-/m0/s1. The Kier molecular flexibility index (Phi) is 12.7. The highest BCUT2D eigenvalue weighted by atomic mass is 16.2. The van der Waals surface area contributed by atoms with E-state index in [1.54, 1.807) is 48.5 Å². The van der Waals surface area contributed by atoms with E-state index in [0.717, 1.165) is 19.3 Å². The molecule has 0 bridgehead atoms. The molecular weight excluding hydrogens is 562 g/mol. The number of nitrogens with zero attached hydrogens (tertiary/aromatic N) is 1. The molecule has 12 N–H and O–H groups in total. The van der Waals surface area contributed by atoms with Crippen LogP contribution in [0, 0.1) is 17.2 Å². The zero-order valence-corrected chi connectivity index (χ0v) is 24.8. The van der Waals surface area contributed by atoms with Crippen LogP contribution in [0.3, 0.4) is 0 Å². The summed E-state index contributed by atoms with van der Waals surface area (Å²) < 4.78 is 0. The number of carbonyl (C=O) groups excluding carboxylic acids is 4. The Hall–Kier alpha value is -4.94. The van der Waals surface area contributed by atoms with Gasteiger partial charge in [-0.1, -0.05) is 61.7 Å². The Labute approximate surface area is 257 Å². The highest BCUT2D eigenvalue weighted by Gasteiger charge is 2.36. The van der Waals surface area contributed by atoms with Crippen molar-refractivity contribution in [2.45, 2.75) is 63.5 Å². The number of para-hydroxylation sites is 1. The molecule has 44 heavy (non-hydrogen) atoms. The number of amides is 4. The molecule has 1 aliphatic carbocycles. The number of aliphatic imine (C=N–C) groups is 1. The molecule has 3 rings (SSSR count). The fraction of sp³-hybridized carbons (Fsp3) is 0.419. The van der Waals surface area contributed by atoms with E-state index in [-0.39, 0.29) is 37.1 Å². The maximum atomic E-state index is 13.9. The number of carbonyl (C=O) groups is 4. The first-order valence-electron chi connectivity index (χ1n) is 14.8. The minimum Gasteiger partial charge on any atom is -0.384 e. The van der Waals surface area contributed by atoms with E-state index in [1.165, 1.54) is 0 Å². The van der Waals surface area contributed by atoms with Crippen LogP contribution < -0.4 is 38.9 Å². The molecule has 236 valence electrons. The van der Waals surface area contributed by atoms with Gasteiger partial charge in [0.1, 0.15) is 23.8 Å². The highest BCUT2D eigenvalue weighted by molar-refractivity contribution is 6.07. The Balaban J connectivity index is 1.83. The van der Waals surface area contributed by atoms with Gasteiger partial charge < -0.3 is 38.9 Å². The summed E-state index contributed by atoms with van der Waals surface area (Å²) in [6.45, 7) is 0.260. The lowest BCUT2D eigenvalue weighted by Gasteiger charge is -2.32. The molecule has 2 aromatic rings. The molecule has 2 aromatic carbocycles. The van der Waals surface area contributed by atoms with Crippen LogP contribution in [-0.2, 0) is 25.6 Å². The number of anilines is 1. The third-order valence-electron chi connectivity index (χ3n) is 7.69. The lowest BCUT2D eigenvalue weighted by molar-refractivity contribution is -0.137. The number of guanidine groups is 1. The zero-order chi connectivity index (χ0) is 32.1. The Morgan fingerprint density at radius 3 is 2.09 bits per heavy atom. The van der Waals surface area contributed by atoms with Crippen LogP contribution in [0.5, 0.6) is 0 Å². The minimum absolute atomic E-state index is 0.0381. The molecule has 0 aromatic heterocycles. The summed E-state index contributed by atoms with van der Waals surface area (Å²) in [6, 6.07) is 13.5. The predicted molar refractivity (Wildman–Crippen MR) is 169 cm³/mol. The number of primary amides is 1. The van der Waals surface area contributed by atoms with Gasteiger partial charge >= 0.3 is 0 Å². The molecule has 13 nitrogen and oxygen atoms in total. The lowest BCUT2D eigenvalue weighted by atomic mass is 9.83. The predicted octanol–water partition coefficient (Wildman–Crippen LogP) is 0.857. The highest BCUT2D eigenvalue weighted by Crippen LogP contribution is 2.27. The van der Waals surface area contributed by atoms with Crippen molar-refractivity contribution in [3.05, 3.63) is 65.7 Å². The van der Waals surface area contributed by atoms with Gasteiger partial charge in [-0.3, -0.25) is 29.6 Å². The normalized spacial score (nSPS) is 15.2. The summed E-state index contributed by atoms with van der Waals surface area (Å²) in [5.74, 6) is -3.97. The Morgan fingerprint density at radius 1 is 0.841 bits per heavy atom. The van der Waals surface area contributed by atoms with E-state index in [9.17, 15) is 19.2 Å². The van der Waals surface area contributed by atoms with Gasteiger partial charge in [-0.05, 0) is 55.7 Å². The molecule has 3 atom stereocenters. The molecule has 4 amide bonds. The smallest absolute Gasteiger partial charge is 0.243 e. The van der Waals surface area contributed by atoms with Crippen LogP contribution in [-0.4, -0.2) is 54.1 Å². The molecule has 0 saturated heterocycles. The van der Waals surface area contributed by atoms with E-state index >= 15 is 0 Å². The van der Waals surface area contributed by atoms with Gasteiger partial charge in [0.05, 0.1) is 0 Å². The summed E-state index contributed by atoms with van der Waals surface area (Å²) in [4.78, 5) is 57.1. The number of nitrogen functional groups attached to an aromatic ring is 1. The molecule has 0 spiro atoms. The fourth-order valence-electron chi connectivity index (χ4n) is 5.28. The molecule has 1 saturated carbocycles. The van der Waals surface area contributed by atoms with E-state index in [2.05, 4.69) is 20.9 Å². The molecule has 2 unspecified atom stereocenters. The topological polar surface area (TPSA) is 245 Å². The van der Waals surface area contributed by atoms with Gasteiger partial charge in [-0.15, -0.1) is 0 Å². The number of hydrogen-bond acceptors (Lipinski definition) is 6. The van der Waals surface area contributed by atoms with Crippen LogP contribution in [0.25, 0.3) is 0 Å². The summed E-state index contributed by atoms with van der Waals surface area (Å²) in [5.41, 5.74) is 23.6. The summed E-state index contributed by atoms with van der Waals surface area (Å²) in [5, 5.41) is 16.0. The van der Waals surface area contributed by atoms with E-state index in [1.807, 2.05) is 6.07 Å². The first-order chi connectivity index (χ1) is 21.0. The summed E-state index contributed by atoms with van der Waals surface area (Å²) >= 11 is 0. The zero-order valence-electron chi connectivity index (χ0n) is 24.8. The van der Waals surface area contributed by atoms with Crippen molar-refractivity contribution in [2.75, 3.05) is 11.9 Å². The number of nitrogens with two attached hydrogens (primary N) is 4. The van der Waals surface area contributed by atoms with Crippen molar-refractivity contribution in [1.82, 2.24) is 10.6 Å². The number of hydrogen-bond donors (Lipinski definition) is 8. The molecule has 0 aliphatic heterocycles. The molecule has 1 aliphatic rings. The maximum absolute atomic E-state index is 13.9. The summed E-state index contributed by atoms with van der Waals surface area (Å²) in [7, 11) is 0. The third-order valence-corrected chi connectivity index (χ3v) is 7.69. The van der Waals surface area contributed by atoms with Gasteiger partial charge in [0, 0.05) is 17.8 Å². The van der Waals surface area contributed by atoms with Crippen molar-refractivity contribution in [2.24, 2.45) is 39.8 Å². The van der Waals surface area contributed by atoms with Crippen LogP contribution >= 0.6 is 0 Å². The molecule has 1 fully saturated rings. The molecule has 0 radical (unpaired) electrons. The van der Waals surface area contributed by atoms with Gasteiger partial charge in [0.2, 0.25) is 23.6 Å². The number of benzene rings is 2. The van der Waals surface area contributed by atoms with E-state index < -0.39 is 41.6 Å². The maximum Gasteiger partial charge on any atom is 0.243 e. The number of rotatable bonds is 15. The monoisotopic (exact) mass is 605 g/mol. The van der Waals surface area contributed by atoms with Crippen molar-refractivity contribution in [1.29, 1.82) is 5.41 Å². The molecule has 13 heteroatoms. The lowest BCUT2D eigenvalue weighted by Crippen LogP contribution is -2.57. The third kappa shape index (κ3) is 10.4. The SMILES string of the molecule is N=C(N)c1ccc(CC(C(=O)Nc2ccccc2)C(=O)N[C@H](C(=O)NC(CCCN=C(N)N)C(N)=O)C2CCCCC2)cc1. The first-order valence-corrected chi connectivity index (χ1v) is 14.8. The van der Waals surface area contributed by atoms with E-state index in [4.69, 9.17) is 28.3 Å². The fourth-order valence-corrected chi connectivity index (χ4v) is 5.28. The summed E-state index contributed by atoms with van der Waals surface area (Å²) in [6.07, 6.45) is 4.86. The quantitative estimate of drug-likeness (QED) is 0.0629. The molecular formula is C31H43N9O4. The van der Waals surface area contributed by atoms with Crippen molar-refractivity contribution in [3.63, 3.8) is 0 Å². The van der Waals surface area contributed by atoms with E-state index in [0.29, 0.717) is 36.1 Å². The van der Waals surface area contributed by atoms with Crippen LogP contribution in [0.15, 0.2) is 59.6 Å². The largest absolute Gasteiger partial charge is 0.384 e. The number of amidine groups is 1. The average molecular weight is 606 g/mol. The Morgan fingerprint density at radius 2 is 1.50 bits per heavy atom. The van der Waals surface area contributed by atoms with Gasteiger partial charge in [0.15, 0.2) is 5.96 Å². The number of nitrogens with one attached hydrogen (secondary N) is 4. The van der Waals surface area contributed by atoms with Gasteiger partial charge in [-0.2, -0.15) is 0 Å². The van der Waals surface area contributed by atoms with Crippen molar-refractivity contribution < 1.29 is 19.2 Å². The average Bonchev–Trinajstić information content (AvgIpc) is 3.00. The van der Waals surface area contributed by atoms with Gasteiger partial charge in [-0.25, -0.2) is 0 Å². The van der Waals surface area contributed by atoms with Crippen molar-refractivity contribution >= 4 is 41.1 Å². The first kappa shape index (κ1) is 33.6. The second-order valence-electron chi connectivity index (χ2n) is 11.0. The van der Waals surface area contributed by atoms with Crippen LogP contribution in [0.2, 0.25) is 0 Å². The van der Waals surface area contributed by atoms with Gasteiger partial charge in [0.25, 0.3) is 0 Å². The van der Waals surface area contributed by atoms with Crippen LogP contribution in [0.4, 0.5) is 5.69 Å². The minimum atomic E-state index is -1.19. The van der Waals surface area contributed by atoms with Crippen molar-refractivity contribution in [3.8, 4) is 0 Å². The Bertz CT molecular complexity index is 1320. The second-order valence-corrected chi connectivity index (χ2v) is 11.0. The second kappa shape index (κ2) is 16.6. The van der Waals surface area contributed by atoms with Crippen LogP contribution in [0.1, 0.15) is 56.1 Å².